The van der Waals surface area contributed by atoms with Crippen molar-refractivity contribution in [1.82, 2.24) is 4.90 Å². The third kappa shape index (κ3) is 5.29. The maximum atomic E-state index is 13.3. The minimum Gasteiger partial charge on any atom is -0.494 e. The summed E-state index contributed by atoms with van der Waals surface area (Å²) in [7, 11) is 1.59. The fraction of sp³-hybridized carbons (Fsp3) is 0.360. The van der Waals surface area contributed by atoms with Crippen molar-refractivity contribution in [2.75, 3.05) is 38.8 Å². The number of nitrogens with one attached hydrogen (secondary N) is 1. The van der Waals surface area contributed by atoms with E-state index in [9.17, 15) is 9.59 Å². The van der Waals surface area contributed by atoms with Crippen LogP contribution >= 0.6 is 0 Å². The zero-order valence-corrected chi connectivity index (χ0v) is 18.8. The van der Waals surface area contributed by atoms with Gasteiger partial charge >= 0.3 is 0 Å². The highest BCUT2D eigenvalue weighted by atomic mass is 16.5. The van der Waals surface area contributed by atoms with Crippen molar-refractivity contribution >= 4 is 23.1 Å². The van der Waals surface area contributed by atoms with E-state index in [1.54, 1.807) is 19.2 Å². The number of anilines is 1. The maximum Gasteiger partial charge on any atom is 0.278 e. The van der Waals surface area contributed by atoms with Crippen molar-refractivity contribution < 1.29 is 23.8 Å². The fourth-order valence-electron chi connectivity index (χ4n) is 3.45. The lowest BCUT2D eigenvalue weighted by Crippen LogP contribution is -2.33. The lowest BCUT2D eigenvalue weighted by Gasteiger charge is -2.15. The van der Waals surface area contributed by atoms with Gasteiger partial charge in [0, 0.05) is 20.3 Å². The average Bonchev–Trinajstić information content (AvgIpc) is 3.04. The first kappa shape index (κ1) is 23.3. The van der Waals surface area contributed by atoms with Gasteiger partial charge in [-0.2, -0.15) is 0 Å². The van der Waals surface area contributed by atoms with E-state index in [0.717, 1.165) is 12.2 Å². The van der Waals surface area contributed by atoms with Crippen LogP contribution in [0, 0.1) is 0 Å². The Labute approximate surface area is 189 Å². The van der Waals surface area contributed by atoms with Gasteiger partial charge in [-0.15, -0.1) is 0 Å². The van der Waals surface area contributed by atoms with Crippen molar-refractivity contribution in [1.29, 1.82) is 0 Å². The van der Waals surface area contributed by atoms with Crippen LogP contribution in [-0.4, -0.2) is 50.2 Å². The van der Waals surface area contributed by atoms with Gasteiger partial charge in [0.25, 0.3) is 11.8 Å². The number of imide groups is 1. The number of hydrogen-bond donors (Lipinski definition) is 1. The summed E-state index contributed by atoms with van der Waals surface area (Å²) in [4.78, 5) is 27.8. The Morgan fingerprint density at radius 2 is 1.66 bits per heavy atom. The second-order valence-electron chi connectivity index (χ2n) is 7.29. The molecular formula is C25H30N2O5. The number of carbonyl (C=O) groups excluding carboxylic acids is 2. The van der Waals surface area contributed by atoms with E-state index < -0.39 is 0 Å². The van der Waals surface area contributed by atoms with E-state index in [1.165, 1.54) is 4.90 Å². The van der Waals surface area contributed by atoms with Gasteiger partial charge < -0.3 is 19.5 Å². The molecule has 32 heavy (non-hydrogen) atoms. The topological polar surface area (TPSA) is 77.1 Å². The van der Waals surface area contributed by atoms with Crippen LogP contribution in [0.25, 0.3) is 5.57 Å². The van der Waals surface area contributed by atoms with Crippen molar-refractivity contribution in [3.8, 4) is 11.5 Å². The molecule has 170 valence electrons. The molecule has 1 N–H and O–H groups in total. The molecule has 0 aliphatic carbocycles. The van der Waals surface area contributed by atoms with E-state index in [0.29, 0.717) is 48.8 Å². The molecule has 0 unspecified atom stereocenters. The predicted octanol–water partition coefficient (Wildman–Crippen LogP) is 4.10. The van der Waals surface area contributed by atoms with Gasteiger partial charge in [-0.1, -0.05) is 31.2 Å². The molecule has 0 saturated heterocycles. The molecule has 3 rings (SSSR count). The Hall–Kier alpha value is -3.32. The van der Waals surface area contributed by atoms with Crippen molar-refractivity contribution in [2.24, 2.45) is 0 Å². The molecule has 0 atom stereocenters. The Bertz CT molecular complexity index is 969. The van der Waals surface area contributed by atoms with E-state index in [2.05, 4.69) is 5.32 Å². The maximum absolute atomic E-state index is 13.3. The zero-order chi connectivity index (χ0) is 22.9. The molecule has 2 amide bonds. The summed E-state index contributed by atoms with van der Waals surface area (Å²) in [6, 6.07) is 14.6. The van der Waals surface area contributed by atoms with Crippen molar-refractivity contribution in [3.63, 3.8) is 0 Å². The summed E-state index contributed by atoms with van der Waals surface area (Å²) in [5.74, 6) is 0.646. The molecule has 2 aromatic carbocycles. The molecular weight excluding hydrogens is 408 g/mol. The molecule has 7 heteroatoms. The third-order valence-corrected chi connectivity index (χ3v) is 4.96. The van der Waals surface area contributed by atoms with Gasteiger partial charge in [0.05, 0.1) is 24.5 Å². The van der Waals surface area contributed by atoms with Crippen LogP contribution in [-0.2, 0) is 14.3 Å². The number of methoxy groups -OCH3 is 1. The number of nitrogens with zero attached hydrogens (tertiary/aromatic N) is 1. The summed E-state index contributed by atoms with van der Waals surface area (Å²) in [6.07, 6.45) is 1.47. The summed E-state index contributed by atoms with van der Waals surface area (Å²) in [5.41, 5.74) is 1.85. The van der Waals surface area contributed by atoms with Crippen LogP contribution in [0.1, 0.15) is 32.3 Å². The standard InChI is InChI=1S/C25H30N2O5/c1-4-16-32-19-13-11-18(12-14-19)22-23(25(29)27(24(22)28)15-8-17-30-3)26-20-9-6-7-10-21(20)31-5-2/h6-7,9-14,26H,4-5,8,15-17H2,1-3H3. The molecule has 1 heterocycles. The second-order valence-corrected chi connectivity index (χ2v) is 7.29. The van der Waals surface area contributed by atoms with Gasteiger partial charge in [-0.25, -0.2) is 0 Å². The molecule has 0 aromatic heterocycles. The number of hydrogen-bond acceptors (Lipinski definition) is 6. The number of rotatable bonds is 12. The molecule has 1 aliphatic rings. The van der Waals surface area contributed by atoms with Crippen LogP contribution < -0.4 is 14.8 Å². The monoisotopic (exact) mass is 438 g/mol. The van der Waals surface area contributed by atoms with Crippen LogP contribution in [0.3, 0.4) is 0 Å². The molecule has 1 aliphatic heterocycles. The Kier molecular flexibility index (Phi) is 8.27. The van der Waals surface area contributed by atoms with Crippen molar-refractivity contribution in [3.05, 3.63) is 59.8 Å². The van der Waals surface area contributed by atoms with E-state index in [-0.39, 0.29) is 24.1 Å². The van der Waals surface area contributed by atoms with E-state index in [4.69, 9.17) is 14.2 Å². The highest BCUT2D eigenvalue weighted by Gasteiger charge is 2.39. The van der Waals surface area contributed by atoms with Gasteiger partial charge in [0.15, 0.2) is 0 Å². The first-order valence-electron chi connectivity index (χ1n) is 10.9. The normalized spacial score (nSPS) is 13.7. The zero-order valence-electron chi connectivity index (χ0n) is 18.8. The van der Waals surface area contributed by atoms with Crippen LogP contribution in [0.2, 0.25) is 0 Å². The van der Waals surface area contributed by atoms with Crippen LogP contribution in [0.15, 0.2) is 54.2 Å². The molecule has 0 fully saturated rings. The quantitative estimate of drug-likeness (QED) is 0.397. The highest BCUT2D eigenvalue weighted by Crippen LogP contribution is 2.34. The van der Waals surface area contributed by atoms with Crippen LogP contribution in [0.4, 0.5) is 5.69 Å². The predicted molar refractivity (Wildman–Crippen MR) is 124 cm³/mol. The number of carbonyl (C=O) groups is 2. The van der Waals surface area contributed by atoms with Crippen molar-refractivity contribution in [2.45, 2.75) is 26.7 Å². The SMILES string of the molecule is CCCOc1ccc(C2=C(Nc3ccccc3OCC)C(=O)N(CCCOC)C2=O)cc1. The summed E-state index contributed by atoms with van der Waals surface area (Å²) in [5, 5.41) is 3.17. The summed E-state index contributed by atoms with van der Waals surface area (Å²) >= 11 is 0. The van der Waals surface area contributed by atoms with Gasteiger partial charge in [-0.3, -0.25) is 14.5 Å². The lowest BCUT2D eigenvalue weighted by molar-refractivity contribution is -0.136. The fourth-order valence-corrected chi connectivity index (χ4v) is 3.45. The molecule has 0 radical (unpaired) electrons. The molecule has 0 bridgehead atoms. The average molecular weight is 439 g/mol. The number of amides is 2. The first-order chi connectivity index (χ1) is 15.6. The number of para-hydroxylation sites is 2. The number of ether oxygens (including phenoxy) is 3. The first-order valence-corrected chi connectivity index (χ1v) is 10.9. The minimum absolute atomic E-state index is 0.238. The van der Waals surface area contributed by atoms with Crippen LogP contribution in [0.5, 0.6) is 11.5 Å². The summed E-state index contributed by atoms with van der Waals surface area (Å²) < 4.78 is 16.4. The minimum atomic E-state index is -0.362. The van der Waals surface area contributed by atoms with E-state index >= 15 is 0 Å². The molecule has 0 spiro atoms. The Morgan fingerprint density at radius 1 is 0.906 bits per heavy atom. The molecule has 0 saturated carbocycles. The van der Waals surface area contributed by atoms with E-state index in [1.807, 2.05) is 50.2 Å². The number of benzene rings is 2. The second kappa shape index (κ2) is 11.3. The lowest BCUT2D eigenvalue weighted by atomic mass is 10.0. The van der Waals surface area contributed by atoms with Gasteiger partial charge in [-0.05, 0) is 49.6 Å². The third-order valence-electron chi connectivity index (χ3n) is 4.96. The molecule has 7 nitrogen and oxygen atoms in total. The Balaban J connectivity index is 1.97. The van der Waals surface area contributed by atoms with Gasteiger partial charge in [0.1, 0.15) is 17.2 Å². The largest absolute Gasteiger partial charge is 0.494 e. The smallest absolute Gasteiger partial charge is 0.278 e. The van der Waals surface area contributed by atoms with Gasteiger partial charge in [0.2, 0.25) is 0 Å². The summed E-state index contributed by atoms with van der Waals surface area (Å²) in [6.45, 7) is 5.79. The highest BCUT2D eigenvalue weighted by molar-refractivity contribution is 6.36. The Morgan fingerprint density at radius 3 is 2.34 bits per heavy atom. The molecule has 2 aromatic rings.